The van der Waals surface area contributed by atoms with Gasteiger partial charge >= 0.3 is 0 Å². The number of hydrogen-bond acceptors (Lipinski definition) is 1. The van der Waals surface area contributed by atoms with Gasteiger partial charge < -0.3 is 0 Å². The molecule has 2 rings (SSSR count). The highest BCUT2D eigenvalue weighted by molar-refractivity contribution is 9.10. The monoisotopic (exact) mass is 274 g/mol. The molecule has 0 saturated heterocycles. The second-order valence-electron chi connectivity index (χ2n) is 3.79. The lowest BCUT2D eigenvalue weighted by atomic mass is 10.1. The lowest BCUT2D eigenvalue weighted by Crippen LogP contribution is -2.05. The third kappa shape index (κ3) is 2.25. The van der Waals surface area contributed by atoms with Crippen LogP contribution < -0.4 is 0 Å². The van der Waals surface area contributed by atoms with Crippen LogP contribution in [0.15, 0.2) is 16.6 Å². The summed E-state index contributed by atoms with van der Waals surface area (Å²) < 4.78 is 26.5. The maximum atomic E-state index is 13.4. The number of ketones is 1. The number of carbonyl (C=O) groups is 1. The number of halogens is 3. The summed E-state index contributed by atoms with van der Waals surface area (Å²) in [7, 11) is 0. The Morgan fingerprint density at radius 2 is 2.00 bits per heavy atom. The summed E-state index contributed by atoms with van der Waals surface area (Å²) in [6, 6.07) is 2.69. The van der Waals surface area contributed by atoms with Crippen LogP contribution in [0.1, 0.15) is 29.6 Å². The molecule has 0 heterocycles. The van der Waals surface area contributed by atoms with E-state index in [1.165, 1.54) is 12.1 Å². The number of benzene rings is 1. The van der Waals surface area contributed by atoms with Gasteiger partial charge in [-0.25, -0.2) is 8.78 Å². The van der Waals surface area contributed by atoms with Gasteiger partial charge in [-0.15, -0.1) is 0 Å². The van der Waals surface area contributed by atoms with E-state index in [0.717, 1.165) is 12.8 Å². The first-order chi connectivity index (χ1) is 7.09. The second kappa shape index (κ2) is 4.00. The normalized spacial score (nSPS) is 15.4. The lowest BCUT2D eigenvalue weighted by molar-refractivity contribution is 0.0971. The van der Waals surface area contributed by atoms with E-state index < -0.39 is 11.6 Å². The fraction of sp³-hybridized carbons (Fsp3) is 0.364. The highest BCUT2D eigenvalue weighted by Crippen LogP contribution is 2.34. The van der Waals surface area contributed by atoms with Crippen molar-refractivity contribution in [3.8, 4) is 0 Å². The molecule has 1 aromatic carbocycles. The predicted molar refractivity (Wildman–Crippen MR) is 55.7 cm³/mol. The molecule has 1 aliphatic rings. The van der Waals surface area contributed by atoms with Crippen LogP contribution in [0.2, 0.25) is 0 Å². The van der Waals surface area contributed by atoms with Gasteiger partial charge in [-0.2, -0.15) is 0 Å². The van der Waals surface area contributed by atoms with Gasteiger partial charge in [0, 0.05) is 6.42 Å². The van der Waals surface area contributed by atoms with E-state index in [1.807, 2.05) is 0 Å². The SMILES string of the molecule is O=C(CC1CC1)c1ccc(Br)c(F)c1F. The molecule has 0 unspecified atom stereocenters. The van der Waals surface area contributed by atoms with Crippen LogP contribution in [0.25, 0.3) is 0 Å². The summed E-state index contributed by atoms with van der Waals surface area (Å²) in [5.74, 6) is -1.96. The zero-order chi connectivity index (χ0) is 11.0. The Morgan fingerprint density at radius 1 is 1.33 bits per heavy atom. The summed E-state index contributed by atoms with van der Waals surface area (Å²) in [6.45, 7) is 0. The smallest absolute Gasteiger partial charge is 0.173 e. The molecular formula is C11H9BrF2O. The molecule has 0 spiro atoms. The quantitative estimate of drug-likeness (QED) is 0.607. The van der Waals surface area contributed by atoms with Crippen LogP contribution in [-0.2, 0) is 0 Å². The Kier molecular flexibility index (Phi) is 2.87. The Labute approximate surface area is 94.6 Å². The maximum absolute atomic E-state index is 13.4. The molecule has 0 aromatic heterocycles. The Bertz CT molecular complexity index is 413. The van der Waals surface area contributed by atoms with Crippen molar-refractivity contribution >= 4 is 21.7 Å². The molecule has 1 saturated carbocycles. The van der Waals surface area contributed by atoms with Crippen LogP contribution in [0.5, 0.6) is 0 Å². The molecule has 4 heteroatoms. The van der Waals surface area contributed by atoms with Gasteiger partial charge in [0.05, 0.1) is 10.0 Å². The first-order valence-corrected chi connectivity index (χ1v) is 5.55. The van der Waals surface area contributed by atoms with E-state index in [0.29, 0.717) is 12.3 Å². The van der Waals surface area contributed by atoms with Crippen LogP contribution in [0.3, 0.4) is 0 Å². The van der Waals surface area contributed by atoms with Crippen molar-refractivity contribution in [3.05, 3.63) is 33.8 Å². The molecule has 1 aromatic rings. The molecule has 0 amide bonds. The van der Waals surface area contributed by atoms with Gasteiger partial charge in [-0.3, -0.25) is 4.79 Å². The van der Waals surface area contributed by atoms with E-state index in [2.05, 4.69) is 15.9 Å². The lowest BCUT2D eigenvalue weighted by Gasteiger charge is -2.03. The fourth-order valence-electron chi connectivity index (χ4n) is 1.44. The Morgan fingerprint density at radius 3 is 2.60 bits per heavy atom. The second-order valence-corrected chi connectivity index (χ2v) is 4.65. The van der Waals surface area contributed by atoms with Gasteiger partial charge in [0.2, 0.25) is 0 Å². The summed E-state index contributed by atoms with van der Waals surface area (Å²) >= 11 is 2.87. The number of Topliss-reactive ketones (excluding diaryl/α,β-unsaturated/α-hetero) is 1. The summed E-state index contributed by atoms with van der Waals surface area (Å²) in [6.07, 6.45) is 2.37. The Balaban J connectivity index is 2.26. The molecule has 1 aliphatic carbocycles. The van der Waals surface area contributed by atoms with E-state index in [-0.39, 0.29) is 15.8 Å². The van der Waals surface area contributed by atoms with Crippen LogP contribution in [0, 0.1) is 17.6 Å². The van der Waals surface area contributed by atoms with Crippen molar-refractivity contribution in [3.63, 3.8) is 0 Å². The van der Waals surface area contributed by atoms with Gasteiger partial charge in [0.15, 0.2) is 17.4 Å². The highest BCUT2D eigenvalue weighted by Gasteiger charge is 2.27. The standard InChI is InChI=1S/C11H9BrF2O/c12-8-4-3-7(10(13)11(8)14)9(15)5-6-1-2-6/h3-4,6H,1-2,5H2. The minimum Gasteiger partial charge on any atom is -0.294 e. The number of carbonyl (C=O) groups excluding carboxylic acids is 1. The van der Waals surface area contributed by atoms with Crippen molar-refractivity contribution in [2.24, 2.45) is 5.92 Å². The molecule has 0 N–H and O–H groups in total. The number of hydrogen-bond donors (Lipinski definition) is 0. The molecule has 1 nitrogen and oxygen atoms in total. The third-order valence-corrected chi connectivity index (χ3v) is 3.12. The molecule has 0 radical (unpaired) electrons. The average molecular weight is 275 g/mol. The molecule has 0 aliphatic heterocycles. The van der Waals surface area contributed by atoms with Gasteiger partial charge in [0.1, 0.15) is 0 Å². The first kappa shape index (κ1) is 10.7. The maximum Gasteiger partial charge on any atom is 0.173 e. The zero-order valence-electron chi connectivity index (χ0n) is 7.90. The van der Waals surface area contributed by atoms with Gasteiger partial charge in [0.25, 0.3) is 0 Å². The summed E-state index contributed by atoms with van der Waals surface area (Å²) in [4.78, 5) is 11.6. The molecule has 15 heavy (non-hydrogen) atoms. The summed E-state index contributed by atoms with van der Waals surface area (Å²) in [5, 5.41) is 0. The summed E-state index contributed by atoms with van der Waals surface area (Å²) in [5.41, 5.74) is -0.136. The molecule has 1 fully saturated rings. The highest BCUT2D eigenvalue weighted by atomic mass is 79.9. The van der Waals surface area contributed by atoms with E-state index in [9.17, 15) is 13.6 Å². The van der Waals surface area contributed by atoms with E-state index in [1.54, 1.807) is 0 Å². The fourth-order valence-corrected chi connectivity index (χ4v) is 1.74. The number of rotatable bonds is 3. The third-order valence-electron chi connectivity index (χ3n) is 2.51. The topological polar surface area (TPSA) is 17.1 Å². The van der Waals surface area contributed by atoms with Crippen LogP contribution in [-0.4, -0.2) is 5.78 Å². The largest absolute Gasteiger partial charge is 0.294 e. The average Bonchev–Trinajstić information content (AvgIpc) is 2.98. The molecule has 0 bridgehead atoms. The Hall–Kier alpha value is -0.770. The van der Waals surface area contributed by atoms with Crippen LogP contribution in [0.4, 0.5) is 8.78 Å². The van der Waals surface area contributed by atoms with Crippen molar-refractivity contribution in [2.75, 3.05) is 0 Å². The first-order valence-electron chi connectivity index (χ1n) is 4.76. The predicted octanol–water partition coefficient (Wildman–Crippen LogP) is 3.71. The molecular weight excluding hydrogens is 266 g/mol. The minimum absolute atomic E-state index is 0.0444. The van der Waals surface area contributed by atoms with E-state index in [4.69, 9.17) is 0 Å². The zero-order valence-corrected chi connectivity index (χ0v) is 9.48. The molecule has 80 valence electrons. The van der Waals surface area contributed by atoms with Crippen molar-refractivity contribution in [1.82, 2.24) is 0 Å². The van der Waals surface area contributed by atoms with E-state index >= 15 is 0 Å². The van der Waals surface area contributed by atoms with Crippen molar-refractivity contribution in [2.45, 2.75) is 19.3 Å². The van der Waals surface area contributed by atoms with Crippen LogP contribution >= 0.6 is 15.9 Å². The minimum atomic E-state index is -1.05. The van der Waals surface area contributed by atoms with Gasteiger partial charge in [-0.1, -0.05) is 0 Å². The van der Waals surface area contributed by atoms with Crippen molar-refractivity contribution in [1.29, 1.82) is 0 Å². The van der Waals surface area contributed by atoms with Gasteiger partial charge in [-0.05, 0) is 46.8 Å². The molecule has 0 atom stereocenters. The van der Waals surface area contributed by atoms with Crippen molar-refractivity contribution < 1.29 is 13.6 Å².